The molecule has 2 aromatic rings. The van der Waals surface area contributed by atoms with Crippen LogP contribution < -0.4 is 10.6 Å². The van der Waals surface area contributed by atoms with Crippen molar-refractivity contribution in [3.05, 3.63) is 30.1 Å². The molecule has 2 N–H and O–H groups in total. The molecule has 0 bridgehead atoms. The van der Waals surface area contributed by atoms with Crippen LogP contribution in [-0.4, -0.2) is 41.9 Å². The molecule has 0 saturated carbocycles. The standard InChI is InChI=1S/C17H24N4O2/c1-13-20-15-5-2-3-6-16(15)21(13)9-4-8-18-17(22)19-11-14-7-10-23-12-14/h2-3,5-6,14H,4,7-12H2,1H3,(H2,18,19,22)/t14-/m1/s1. The number of amides is 2. The summed E-state index contributed by atoms with van der Waals surface area (Å²) in [5.41, 5.74) is 2.17. The number of aromatic nitrogens is 2. The SMILES string of the molecule is Cc1nc2ccccc2n1CCCNC(=O)NC[C@H]1CCOC1. The van der Waals surface area contributed by atoms with Crippen LogP contribution in [0, 0.1) is 12.8 Å². The van der Waals surface area contributed by atoms with Gasteiger partial charge in [0, 0.05) is 32.2 Å². The molecule has 1 aliphatic heterocycles. The quantitative estimate of drug-likeness (QED) is 0.802. The molecular formula is C17H24N4O2. The Morgan fingerprint density at radius 2 is 2.26 bits per heavy atom. The van der Waals surface area contributed by atoms with Crippen LogP contribution in [-0.2, 0) is 11.3 Å². The Morgan fingerprint density at radius 3 is 3.09 bits per heavy atom. The van der Waals surface area contributed by atoms with Crippen LogP contribution in [0.2, 0.25) is 0 Å². The van der Waals surface area contributed by atoms with E-state index in [-0.39, 0.29) is 6.03 Å². The monoisotopic (exact) mass is 316 g/mol. The van der Waals surface area contributed by atoms with Crippen molar-refractivity contribution in [2.75, 3.05) is 26.3 Å². The summed E-state index contributed by atoms with van der Waals surface area (Å²) in [4.78, 5) is 16.3. The summed E-state index contributed by atoms with van der Waals surface area (Å²) in [6.07, 6.45) is 1.91. The van der Waals surface area contributed by atoms with E-state index in [4.69, 9.17) is 4.74 Å². The van der Waals surface area contributed by atoms with Crippen molar-refractivity contribution in [1.29, 1.82) is 0 Å². The highest BCUT2D eigenvalue weighted by Crippen LogP contribution is 2.15. The minimum Gasteiger partial charge on any atom is -0.381 e. The number of nitrogens with zero attached hydrogens (tertiary/aromatic N) is 2. The number of carbonyl (C=O) groups excluding carboxylic acids is 1. The van der Waals surface area contributed by atoms with Crippen molar-refractivity contribution in [2.45, 2.75) is 26.3 Å². The van der Waals surface area contributed by atoms with Crippen LogP contribution in [0.15, 0.2) is 24.3 Å². The summed E-state index contributed by atoms with van der Waals surface area (Å²) in [7, 11) is 0. The number of imidazole rings is 1. The van der Waals surface area contributed by atoms with Crippen molar-refractivity contribution in [3.8, 4) is 0 Å². The number of urea groups is 1. The predicted octanol–water partition coefficient (Wildman–Crippen LogP) is 2.07. The zero-order valence-corrected chi connectivity index (χ0v) is 13.5. The number of hydrogen-bond donors (Lipinski definition) is 2. The molecule has 124 valence electrons. The van der Waals surface area contributed by atoms with E-state index in [1.807, 2.05) is 25.1 Å². The van der Waals surface area contributed by atoms with Crippen molar-refractivity contribution in [3.63, 3.8) is 0 Å². The average Bonchev–Trinajstić information content (AvgIpc) is 3.17. The van der Waals surface area contributed by atoms with Crippen molar-refractivity contribution in [1.82, 2.24) is 20.2 Å². The number of carbonyl (C=O) groups is 1. The van der Waals surface area contributed by atoms with Gasteiger partial charge in [0.15, 0.2) is 0 Å². The molecule has 1 aromatic heterocycles. The van der Waals surface area contributed by atoms with E-state index in [0.29, 0.717) is 19.0 Å². The van der Waals surface area contributed by atoms with Crippen LogP contribution in [0.3, 0.4) is 0 Å². The van der Waals surface area contributed by atoms with Gasteiger partial charge in [0.1, 0.15) is 5.82 Å². The number of hydrogen-bond acceptors (Lipinski definition) is 3. The zero-order valence-electron chi connectivity index (χ0n) is 13.5. The van der Waals surface area contributed by atoms with Crippen LogP contribution in [0.25, 0.3) is 11.0 Å². The van der Waals surface area contributed by atoms with Crippen LogP contribution in [0.5, 0.6) is 0 Å². The minimum absolute atomic E-state index is 0.0934. The first kappa shape index (κ1) is 15.8. The smallest absolute Gasteiger partial charge is 0.314 e. The number of para-hydroxylation sites is 2. The van der Waals surface area contributed by atoms with Gasteiger partial charge in [-0.25, -0.2) is 9.78 Å². The Kier molecular flexibility index (Phi) is 5.12. The molecule has 1 aromatic carbocycles. The van der Waals surface area contributed by atoms with Crippen molar-refractivity contribution >= 4 is 17.1 Å². The van der Waals surface area contributed by atoms with Gasteiger partial charge in [0.05, 0.1) is 17.6 Å². The van der Waals surface area contributed by atoms with Gasteiger partial charge in [-0.2, -0.15) is 0 Å². The lowest BCUT2D eigenvalue weighted by molar-refractivity contribution is 0.185. The fourth-order valence-corrected chi connectivity index (χ4v) is 2.96. The fourth-order valence-electron chi connectivity index (χ4n) is 2.96. The Hall–Kier alpha value is -2.08. The van der Waals surface area contributed by atoms with Crippen molar-refractivity contribution < 1.29 is 9.53 Å². The molecule has 0 spiro atoms. The number of benzene rings is 1. The highest BCUT2D eigenvalue weighted by Gasteiger charge is 2.16. The molecule has 6 nitrogen and oxygen atoms in total. The summed E-state index contributed by atoms with van der Waals surface area (Å²) in [6, 6.07) is 8.04. The number of ether oxygens (including phenoxy) is 1. The molecule has 0 radical (unpaired) electrons. The van der Waals surface area contributed by atoms with Gasteiger partial charge in [0.2, 0.25) is 0 Å². The zero-order chi connectivity index (χ0) is 16.1. The third kappa shape index (κ3) is 4.01. The summed E-state index contributed by atoms with van der Waals surface area (Å²) in [5.74, 6) is 1.47. The van der Waals surface area contributed by atoms with E-state index in [1.54, 1.807) is 0 Å². The number of rotatable bonds is 6. The van der Waals surface area contributed by atoms with E-state index in [0.717, 1.165) is 49.5 Å². The van der Waals surface area contributed by atoms with Gasteiger partial charge < -0.3 is 19.9 Å². The molecule has 2 heterocycles. The third-order valence-corrected chi connectivity index (χ3v) is 4.26. The maximum atomic E-state index is 11.8. The topological polar surface area (TPSA) is 68.2 Å². The maximum Gasteiger partial charge on any atom is 0.314 e. The fraction of sp³-hybridized carbons (Fsp3) is 0.529. The second-order valence-electron chi connectivity index (χ2n) is 6.02. The summed E-state index contributed by atoms with van der Waals surface area (Å²) in [5, 5.41) is 5.82. The second kappa shape index (κ2) is 7.46. The van der Waals surface area contributed by atoms with E-state index >= 15 is 0 Å². The first-order valence-corrected chi connectivity index (χ1v) is 8.25. The molecule has 23 heavy (non-hydrogen) atoms. The van der Waals surface area contributed by atoms with Crippen LogP contribution in [0.1, 0.15) is 18.7 Å². The summed E-state index contributed by atoms with van der Waals surface area (Å²) >= 11 is 0. The predicted molar refractivity (Wildman–Crippen MR) is 89.4 cm³/mol. The van der Waals surface area contributed by atoms with Gasteiger partial charge in [0.25, 0.3) is 0 Å². The number of fused-ring (bicyclic) bond motifs is 1. The third-order valence-electron chi connectivity index (χ3n) is 4.26. The molecule has 6 heteroatoms. The van der Waals surface area contributed by atoms with Gasteiger partial charge in [-0.1, -0.05) is 12.1 Å². The summed E-state index contributed by atoms with van der Waals surface area (Å²) in [6.45, 7) is 5.78. The lowest BCUT2D eigenvalue weighted by Crippen LogP contribution is -2.39. The second-order valence-corrected chi connectivity index (χ2v) is 6.02. The van der Waals surface area contributed by atoms with E-state index < -0.39 is 0 Å². The van der Waals surface area contributed by atoms with E-state index in [2.05, 4.69) is 26.3 Å². The first-order valence-electron chi connectivity index (χ1n) is 8.25. The Balaban J connectivity index is 1.40. The first-order chi connectivity index (χ1) is 11.2. The highest BCUT2D eigenvalue weighted by molar-refractivity contribution is 5.76. The summed E-state index contributed by atoms with van der Waals surface area (Å²) < 4.78 is 7.49. The molecule has 1 aliphatic rings. The van der Waals surface area contributed by atoms with Gasteiger partial charge in [-0.3, -0.25) is 0 Å². The highest BCUT2D eigenvalue weighted by atomic mass is 16.5. The molecular weight excluding hydrogens is 292 g/mol. The number of aryl methyl sites for hydroxylation is 2. The largest absolute Gasteiger partial charge is 0.381 e. The Labute approximate surface area is 136 Å². The molecule has 0 aliphatic carbocycles. The van der Waals surface area contributed by atoms with Gasteiger partial charge >= 0.3 is 6.03 Å². The molecule has 3 rings (SSSR count). The normalized spacial score (nSPS) is 17.5. The average molecular weight is 316 g/mol. The van der Waals surface area contributed by atoms with Crippen molar-refractivity contribution in [2.24, 2.45) is 5.92 Å². The molecule has 1 fully saturated rings. The molecule has 1 saturated heterocycles. The molecule has 0 unspecified atom stereocenters. The Morgan fingerprint density at radius 1 is 1.39 bits per heavy atom. The van der Waals surface area contributed by atoms with E-state index in [9.17, 15) is 4.79 Å². The number of nitrogens with one attached hydrogen (secondary N) is 2. The Bertz CT molecular complexity index is 662. The van der Waals surface area contributed by atoms with Gasteiger partial charge in [-0.05, 0) is 31.9 Å². The van der Waals surface area contributed by atoms with Crippen LogP contribution >= 0.6 is 0 Å². The molecule has 2 amide bonds. The van der Waals surface area contributed by atoms with Crippen LogP contribution in [0.4, 0.5) is 4.79 Å². The molecule has 1 atom stereocenters. The lowest BCUT2D eigenvalue weighted by atomic mass is 10.1. The lowest BCUT2D eigenvalue weighted by Gasteiger charge is -2.11. The maximum absolute atomic E-state index is 11.8. The van der Waals surface area contributed by atoms with E-state index in [1.165, 1.54) is 0 Å². The minimum atomic E-state index is -0.0934. The van der Waals surface area contributed by atoms with Gasteiger partial charge in [-0.15, -0.1) is 0 Å².